The third-order valence-electron chi connectivity index (χ3n) is 5.59. The number of aryl methyl sites for hydroxylation is 1. The van der Waals surface area contributed by atoms with Crippen LogP contribution in [0.25, 0.3) is 11.8 Å². The van der Waals surface area contributed by atoms with Crippen molar-refractivity contribution in [1.29, 1.82) is 0 Å². The van der Waals surface area contributed by atoms with Crippen LogP contribution in [0.5, 0.6) is 0 Å². The molecule has 2 aromatic carbocycles. The molecule has 0 atom stereocenters. The highest BCUT2D eigenvalue weighted by molar-refractivity contribution is 9.10. The van der Waals surface area contributed by atoms with Crippen molar-refractivity contribution in [3.63, 3.8) is 0 Å². The van der Waals surface area contributed by atoms with Crippen molar-refractivity contribution in [2.24, 2.45) is 0 Å². The molecule has 2 heterocycles. The number of nitrogens with zero attached hydrogens (tertiary/aromatic N) is 3. The van der Waals surface area contributed by atoms with Gasteiger partial charge in [0.2, 0.25) is 0 Å². The first-order valence-electron chi connectivity index (χ1n) is 10.3. The first-order chi connectivity index (χ1) is 15.7. The molecule has 4 rings (SSSR count). The van der Waals surface area contributed by atoms with Crippen LogP contribution in [0.4, 0.5) is 5.69 Å². The number of hydrogen-bond acceptors (Lipinski definition) is 3. The fraction of sp³-hybridized carbons (Fsp3) is 0.160. The minimum atomic E-state index is -0.453. The lowest BCUT2D eigenvalue weighted by molar-refractivity contribution is -0.127. The van der Waals surface area contributed by atoms with Crippen LogP contribution in [0, 0.1) is 13.8 Å². The Hall–Kier alpha value is -2.74. The van der Waals surface area contributed by atoms with Crippen molar-refractivity contribution < 1.29 is 9.59 Å². The first kappa shape index (κ1) is 23.4. The Morgan fingerprint density at radius 1 is 0.970 bits per heavy atom. The van der Waals surface area contributed by atoms with E-state index >= 15 is 0 Å². The lowest BCUT2D eigenvalue weighted by Crippen LogP contribution is -2.56. The Morgan fingerprint density at radius 3 is 2.18 bits per heavy atom. The molecule has 8 heteroatoms. The Labute approximate surface area is 211 Å². The van der Waals surface area contributed by atoms with Crippen molar-refractivity contribution in [2.45, 2.75) is 20.8 Å². The molecule has 0 spiro atoms. The zero-order valence-electron chi connectivity index (χ0n) is 18.3. The molecule has 0 aliphatic carbocycles. The number of anilines is 1. The van der Waals surface area contributed by atoms with E-state index in [2.05, 4.69) is 20.5 Å². The summed E-state index contributed by atoms with van der Waals surface area (Å²) in [6, 6.07) is 16.8. The highest BCUT2D eigenvalue weighted by Crippen LogP contribution is 2.29. The number of halogens is 2. The Bertz CT molecular complexity index is 1300. The van der Waals surface area contributed by atoms with Crippen molar-refractivity contribution in [3.8, 4) is 5.69 Å². The lowest BCUT2D eigenvalue weighted by atomic mass is 10.1. The number of aromatic nitrogens is 1. The molecule has 1 fully saturated rings. The molecule has 0 bridgehead atoms. The summed E-state index contributed by atoms with van der Waals surface area (Å²) >= 11 is 15.0. The molecule has 0 unspecified atom stereocenters. The smallest absolute Gasteiger partial charge is 0.270 e. The summed E-state index contributed by atoms with van der Waals surface area (Å²) in [7, 11) is 0. The van der Waals surface area contributed by atoms with Gasteiger partial charge in [0.05, 0.1) is 5.69 Å². The largest absolute Gasteiger partial charge is 0.318 e. The van der Waals surface area contributed by atoms with E-state index in [0.29, 0.717) is 17.3 Å². The number of amides is 2. The molecule has 1 saturated heterocycles. The van der Waals surface area contributed by atoms with Crippen LogP contribution in [0.3, 0.4) is 0 Å². The van der Waals surface area contributed by atoms with Gasteiger partial charge in [0, 0.05) is 33.1 Å². The fourth-order valence-corrected chi connectivity index (χ4v) is 4.74. The van der Waals surface area contributed by atoms with Gasteiger partial charge >= 0.3 is 0 Å². The van der Waals surface area contributed by atoms with Crippen LogP contribution in [0.1, 0.15) is 23.9 Å². The van der Waals surface area contributed by atoms with Crippen molar-refractivity contribution in [2.75, 3.05) is 11.4 Å². The topological polar surface area (TPSA) is 45.6 Å². The normalized spacial score (nSPS) is 15.7. The molecule has 1 aromatic heterocycles. The monoisotopic (exact) mass is 541 g/mol. The van der Waals surface area contributed by atoms with Gasteiger partial charge in [-0.05, 0) is 99.2 Å². The molecule has 0 N–H and O–H groups in total. The van der Waals surface area contributed by atoms with E-state index in [0.717, 1.165) is 27.1 Å². The summed E-state index contributed by atoms with van der Waals surface area (Å²) in [4.78, 5) is 29.5. The summed E-state index contributed by atoms with van der Waals surface area (Å²) in [6.07, 6.45) is 1.66. The molecule has 0 radical (unpaired) electrons. The van der Waals surface area contributed by atoms with Gasteiger partial charge in [-0.3, -0.25) is 19.4 Å². The van der Waals surface area contributed by atoms with Gasteiger partial charge in [-0.2, -0.15) is 0 Å². The van der Waals surface area contributed by atoms with Crippen molar-refractivity contribution >= 4 is 68.4 Å². The van der Waals surface area contributed by atoms with E-state index < -0.39 is 11.8 Å². The van der Waals surface area contributed by atoms with Gasteiger partial charge in [-0.25, -0.2) is 0 Å². The summed E-state index contributed by atoms with van der Waals surface area (Å²) in [5.74, 6) is -0.850. The number of thiocarbonyl (C=S) groups is 1. The maximum Gasteiger partial charge on any atom is 0.270 e. The quantitative estimate of drug-likeness (QED) is 0.228. The summed E-state index contributed by atoms with van der Waals surface area (Å²) in [6.45, 7) is 6.15. The van der Waals surface area contributed by atoms with Gasteiger partial charge in [0.25, 0.3) is 11.8 Å². The lowest BCUT2D eigenvalue weighted by Gasteiger charge is -2.36. The molecular weight excluding hydrogens is 522 g/mol. The van der Waals surface area contributed by atoms with Gasteiger partial charge in [-0.15, -0.1) is 0 Å². The number of rotatable bonds is 4. The zero-order valence-corrected chi connectivity index (χ0v) is 21.5. The van der Waals surface area contributed by atoms with Crippen molar-refractivity contribution in [1.82, 2.24) is 9.47 Å². The molecule has 33 heavy (non-hydrogen) atoms. The Kier molecular flexibility index (Phi) is 6.56. The van der Waals surface area contributed by atoms with E-state index in [-0.39, 0.29) is 10.7 Å². The van der Waals surface area contributed by atoms with Crippen LogP contribution < -0.4 is 4.90 Å². The van der Waals surface area contributed by atoms with Crippen molar-refractivity contribution in [3.05, 3.63) is 86.6 Å². The van der Waals surface area contributed by atoms with Gasteiger partial charge in [0.15, 0.2) is 5.11 Å². The second-order valence-electron chi connectivity index (χ2n) is 7.65. The average molecular weight is 543 g/mol. The first-order valence-corrected chi connectivity index (χ1v) is 11.9. The van der Waals surface area contributed by atoms with Crippen LogP contribution in [-0.4, -0.2) is 32.9 Å². The van der Waals surface area contributed by atoms with Gasteiger partial charge in [-0.1, -0.05) is 27.5 Å². The second-order valence-corrected chi connectivity index (χ2v) is 9.36. The Balaban J connectivity index is 1.81. The average Bonchev–Trinajstić information content (AvgIpc) is 3.06. The van der Waals surface area contributed by atoms with Crippen LogP contribution in [-0.2, 0) is 9.59 Å². The number of hydrogen-bond donors (Lipinski definition) is 0. The second kappa shape index (κ2) is 9.25. The molecule has 1 aliphatic heterocycles. The molecule has 1 aliphatic rings. The summed E-state index contributed by atoms with van der Waals surface area (Å²) in [5, 5.41) is 0.709. The summed E-state index contributed by atoms with van der Waals surface area (Å²) in [5.41, 5.74) is 4.35. The third kappa shape index (κ3) is 4.28. The minimum absolute atomic E-state index is 0.0662. The van der Waals surface area contributed by atoms with E-state index in [1.165, 1.54) is 9.80 Å². The maximum atomic E-state index is 13.5. The fourth-order valence-electron chi connectivity index (χ4n) is 3.95. The molecule has 3 aromatic rings. The van der Waals surface area contributed by atoms with E-state index in [1.54, 1.807) is 30.3 Å². The number of benzene rings is 2. The van der Waals surface area contributed by atoms with Crippen LogP contribution in [0.15, 0.2) is 64.6 Å². The predicted molar refractivity (Wildman–Crippen MR) is 140 cm³/mol. The van der Waals surface area contributed by atoms with E-state index in [9.17, 15) is 9.59 Å². The number of carbonyl (C=O) groups is 2. The van der Waals surface area contributed by atoms with Crippen LogP contribution >= 0.6 is 39.7 Å². The summed E-state index contributed by atoms with van der Waals surface area (Å²) < 4.78 is 3.09. The molecule has 2 amide bonds. The van der Waals surface area contributed by atoms with E-state index in [1.807, 2.05) is 51.1 Å². The molecular formula is C25H21BrClN3O2S. The minimum Gasteiger partial charge on any atom is -0.318 e. The predicted octanol–water partition coefficient (Wildman–Crippen LogP) is 6.07. The highest BCUT2D eigenvalue weighted by atomic mass is 79.9. The van der Waals surface area contributed by atoms with E-state index in [4.69, 9.17) is 23.8 Å². The van der Waals surface area contributed by atoms with Crippen LogP contribution in [0.2, 0.25) is 5.02 Å². The Morgan fingerprint density at radius 2 is 1.58 bits per heavy atom. The number of likely N-dealkylation sites (N-methyl/N-ethyl adjacent to an activating group) is 1. The SMILES string of the molecule is CCN1C(=O)/C(=C/c2cc(C)n(-c3ccc(Br)cc3)c2C)C(=O)N(c2ccc(Cl)cc2)C1=S. The molecule has 5 nitrogen and oxygen atoms in total. The number of carbonyl (C=O) groups excluding carboxylic acids is 2. The van der Waals surface area contributed by atoms with Gasteiger partial charge in [0.1, 0.15) is 5.57 Å². The third-order valence-corrected chi connectivity index (χ3v) is 6.77. The van der Waals surface area contributed by atoms with Gasteiger partial charge < -0.3 is 4.57 Å². The standard InChI is InChI=1S/C25H21BrClN3O2S/c1-4-28-23(31)22(24(32)30(25(28)33)21-11-7-19(27)8-12-21)14-17-13-15(2)29(16(17)3)20-9-5-18(26)6-10-20/h5-14H,4H2,1-3H3/b22-14-. The maximum absolute atomic E-state index is 13.5. The molecule has 0 saturated carbocycles. The highest BCUT2D eigenvalue weighted by Gasteiger charge is 2.39. The zero-order chi connectivity index (χ0) is 23.9. The molecule has 168 valence electrons.